The van der Waals surface area contributed by atoms with Gasteiger partial charge in [-0.05, 0) is 12.2 Å². The molecule has 10 heteroatoms. The van der Waals surface area contributed by atoms with Crippen LogP contribution in [0.4, 0.5) is 11.4 Å². The number of carbonyl (C=O) groups excluding carboxylic acids is 1. The fourth-order valence-corrected chi connectivity index (χ4v) is 2.39. The first-order valence-electron chi connectivity index (χ1n) is 7.74. The minimum Gasteiger partial charge on any atom is -0.497 e. The maximum absolute atomic E-state index is 12.0. The van der Waals surface area contributed by atoms with Crippen LogP contribution < -0.4 is 25.6 Å². The molecule has 0 aliphatic heterocycles. The summed E-state index contributed by atoms with van der Waals surface area (Å²) in [5.41, 5.74) is 5.72. The van der Waals surface area contributed by atoms with Crippen molar-refractivity contribution >= 4 is 34.6 Å². The molecule has 9 nitrogen and oxygen atoms in total. The maximum Gasteiger partial charge on any atom is 0.273 e. The first-order valence-corrected chi connectivity index (χ1v) is 8.15. The zero-order valence-electron chi connectivity index (χ0n) is 14.6. The zero-order valence-corrected chi connectivity index (χ0v) is 15.5. The topological polar surface area (TPSA) is 115 Å². The number of nitrogens with one attached hydrogen (secondary N) is 3. The Morgan fingerprint density at radius 3 is 2.33 bits per heavy atom. The van der Waals surface area contributed by atoms with Crippen molar-refractivity contribution in [2.75, 3.05) is 19.5 Å². The SMILES string of the molecule is COc1cc(NC(=S)NNC(=O)Cc2ccccc2[N+](=O)[O-])cc(OC)c1. The third kappa shape index (κ3) is 5.82. The lowest BCUT2D eigenvalue weighted by atomic mass is 10.1. The summed E-state index contributed by atoms with van der Waals surface area (Å²) in [7, 11) is 3.05. The fourth-order valence-electron chi connectivity index (χ4n) is 2.22. The summed E-state index contributed by atoms with van der Waals surface area (Å²) in [5.74, 6) is 0.664. The monoisotopic (exact) mass is 390 g/mol. The number of hydrogen-bond acceptors (Lipinski definition) is 6. The van der Waals surface area contributed by atoms with E-state index in [1.54, 1.807) is 30.3 Å². The van der Waals surface area contributed by atoms with Gasteiger partial charge in [-0.15, -0.1) is 0 Å². The number of thiocarbonyl (C=S) groups is 1. The standard InChI is InChI=1S/C17H18N4O5S/c1-25-13-8-12(9-14(10-13)26-2)18-17(27)20-19-16(22)7-11-5-3-4-6-15(11)21(23)24/h3-6,8-10H,7H2,1-2H3,(H,19,22)(H2,18,20,27). The quantitative estimate of drug-likeness (QED) is 0.391. The van der Waals surface area contributed by atoms with Gasteiger partial charge in [0.05, 0.1) is 25.6 Å². The lowest BCUT2D eigenvalue weighted by Gasteiger charge is -2.13. The van der Waals surface area contributed by atoms with Crippen LogP contribution in [0.2, 0.25) is 0 Å². The Morgan fingerprint density at radius 1 is 1.11 bits per heavy atom. The van der Waals surface area contributed by atoms with Crippen molar-refractivity contribution < 1.29 is 19.2 Å². The second-order valence-electron chi connectivity index (χ2n) is 5.29. The first kappa shape index (κ1) is 19.9. The average Bonchev–Trinajstić information content (AvgIpc) is 2.66. The molecule has 0 unspecified atom stereocenters. The van der Waals surface area contributed by atoms with Crippen LogP contribution in [-0.4, -0.2) is 30.2 Å². The molecule has 1 amide bonds. The summed E-state index contributed by atoms with van der Waals surface area (Å²) in [4.78, 5) is 22.5. The summed E-state index contributed by atoms with van der Waals surface area (Å²) in [6.07, 6.45) is -0.167. The van der Waals surface area contributed by atoms with Crippen LogP contribution in [0.1, 0.15) is 5.56 Å². The summed E-state index contributed by atoms with van der Waals surface area (Å²) >= 11 is 5.12. The van der Waals surface area contributed by atoms with E-state index in [4.69, 9.17) is 21.7 Å². The van der Waals surface area contributed by atoms with E-state index < -0.39 is 10.8 Å². The highest BCUT2D eigenvalue weighted by atomic mass is 32.1. The van der Waals surface area contributed by atoms with E-state index in [1.165, 1.54) is 26.4 Å². The predicted molar refractivity (Wildman–Crippen MR) is 104 cm³/mol. The molecule has 2 aromatic carbocycles. The Kier molecular flexibility index (Phi) is 6.89. The molecule has 2 aromatic rings. The molecule has 0 heterocycles. The van der Waals surface area contributed by atoms with E-state index in [-0.39, 0.29) is 17.2 Å². The van der Waals surface area contributed by atoms with Crippen molar-refractivity contribution in [3.63, 3.8) is 0 Å². The van der Waals surface area contributed by atoms with Gasteiger partial charge in [-0.1, -0.05) is 18.2 Å². The molecule has 0 aliphatic rings. The molecule has 0 spiro atoms. The van der Waals surface area contributed by atoms with E-state index in [2.05, 4.69) is 16.2 Å². The molecule has 2 rings (SSSR count). The van der Waals surface area contributed by atoms with Crippen LogP contribution in [0, 0.1) is 10.1 Å². The van der Waals surface area contributed by atoms with Gasteiger partial charge in [0.25, 0.3) is 5.69 Å². The molecule has 0 fully saturated rings. The highest BCUT2D eigenvalue weighted by Gasteiger charge is 2.15. The highest BCUT2D eigenvalue weighted by molar-refractivity contribution is 7.80. The second kappa shape index (κ2) is 9.34. The van der Waals surface area contributed by atoms with Crippen molar-refractivity contribution in [2.24, 2.45) is 0 Å². The number of para-hydroxylation sites is 1. The number of ether oxygens (including phenoxy) is 2. The van der Waals surface area contributed by atoms with Crippen molar-refractivity contribution in [1.82, 2.24) is 10.9 Å². The molecular formula is C17H18N4O5S. The number of hydrogen-bond donors (Lipinski definition) is 3. The third-order valence-corrected chi connectivity index (χ3v) is 3.67. The van der Waals surface area contributed by atoms with Crippen LogP contribution in [0.3, 0.4) is 0 Å². The molecule has 0 aliphatic carbocycles. The minimum atomic E-state index is -0.529. The minimum absolute atomic E-state index is 0.114. The van der Waals surface area contributed by atoms with Crippen molar-refractivity contribution in [3.8, 4) is 11.5 Å². The number of anilines is 1. The van der Waals surface area contributed by atoms with Gasteiger partial charge in [0.15, 0.2) is 5.11 Å². The van der Waals surface area contributed by atoms with Crippen LogP contribution in [-0.2, 0) is 11.2 Å². The highest BCUT2D eigenvalue weighted by Crippen LogP contribution is 2.25. The molecular weight excluding hydrogens is 372 g/mol. The average molecular weight is 390 g/mol. The molecule has 0 atom stereocenters. The van der Waals surface area contributed by atoms with Gasteiger partial charge in [-0.2, -0.15) is 0 Å². The van der Waals surface area contributed by atoms with Crippen molar-refractivity contribution in [1.29, 1.82) is 0 Å². The van der Waals surface area contributed by atoms with Gasteiger partial charge in [-0.25, -0.2) is 0 Å². The van der Waals surface area contributed by atoms with Crippen LogP contribution in [0.15, 0.2) is 42.5 Å². The van der Waals surface area contributed by atoms with Crippen LogP contribution in [0.5, 0.6) is 11.5 Å². The predicted octanol–water partition coefficient (Wildman–Crippen LogP) is 2.17. The lowest BCUT2D eigenvalue weighted by molar-refractivity contribution is -0.385. The summed E-state index contributed by atoms with van der Waals surface area (Å²) in [5, 5.41) is 14.0. The molecule has 3 N–H and O–H groups in total. The molecule has 0 saturated heterocycles. The zero-order chi connectivity index (χ0) is 19.8. The van der Waals surface area contributed by atoms with Crippen molar-refractivity contribution in [3.05, 3.63) is 58.1 Å². The number of nitro benzene ring substituents is 1. The van der Waals surface area contributed by atoms with E-state index >= 15 is 0 Å². The van der Waals surface area contributed by atoms with Gasteiger partial charge in [-0.3, -0.25) is 25.8 Å². The number of amides is 1. The number of methoxy groups -OCH3 is 2. The van der Waals surface area contributed by atoms with Gasteiger partial charge in [0.2, 0.25) is 5.91 Å². The Balaban J connectivity index is 1.92. The number of carbonyl (C=O) groups is 1. The largest absolute Gasteiger partial charge is 0.497 e. The van der Waals surface area contributed by atoms with Crippen LogP contribution >= 0.6 is 12.2 Å². The summed E-state index contributed by atoms with van der Waals surface area (Å²) < 4.78 is 10.3. The van der Waals surface area contributed by atoms with Gasteiger partial charge in [0.1, 0.15) is 11.5 Å². The van der Waals surface area contributed by atoms with E-state index in [0.29, 0.717) is 22.7 Å². The molecule has 0 radical (unpaired) electrons. The second-order valence-corrected chi connectivity index (χ2v) is 5.70. The Morgan fingerprint density at radius 2 is 1.74 bits per heavy atom. The number of benzene rings is 2. The van der Waals surface area contributed by atoms with Gasteiger partial charge >= 0.3 is 0 Å². The Hall–Kier alpha value is -3.40. The molecule has 0 saturated carbocycles. The first-order chi connectivity index (χ1) is 12.9. The molecule has 0 bridgehead atoms. The van der Waals surface area contributed by atoms with E-state index in [9.17, 15) is 14.9 Å². The number of nitro groups is 1. The maximum atomic E-state index is 12.0. The number of hydrazine groups is 1. The van der Waals surface area contributed by atoms with Crippen LogP contribution in [0.25, 0.3) is 0 Å². The number of rotatable bonds is 6. The fraction of sp³-hybridized carbons (Fsp3) is 0.176. The van der Waals surface area contributed by atoms with Crippen molar-refractivity contribution in [2.45, 2.75) is 6.42 Å². The van der Waals surface area contributed by atoms with Gasteiger partial charge in [0, 0.05) is 35.5 Å². The Labute approximate surface area is 160 Å². The lowest BCUT2D eigenvalue weighted by Crippen LogP contribution is -2.44. The van der Waals surface area contributed by atoms with E-state index in [1.807, 2.05) is 0 Å². The molecule has 0 aromatic heterocycles. The third-order valence-electron chi connectivity index (χ3n) is 3.46. The van der Waals surface area contributed by atoms with E-state index in [0.717, 1.165) is 0 Å². The summed E-state index contributed by atoms with van der Waals surface area (Å²) in [6, 6.07) is 11.1. The Bertz CT molecular complexity index is 837. The molecule has 142 valence electrons. The smallest absolute Gasteiger partial charge is 0.273 e. The number of nitrogens with zero attached hydrogens (tertiary/aromatic N) is 1. The molecule has 27 heavy (non-hydrogen) atoms. The summed E-state index contributed by atoms with van der Waals surface area (Å²) in [6.45, 7) is 0. The van der Waals surface area contributed by atoms with Gasteiger partial charge < -0.3 is 14.8 Å². The normalized spacial score (nSPS) is 9.85.